The van der Waals surface area contributed by atoms with Gasteiger partial charge in [-0.15, -0.1) is 0 Å². The van der Waals surface area contributed by atoms with Crippen LogP contribution in [0.5, 0.6) is 0 Å². The van der Waals surface area contributed by atoms with E-state index in [9.17, 15) is 0 Å². The van der Waals surface area contributed by atoms with Gasteiger partial charge in [-0.2, -0.15) is 0 Å². The smallest absolute Gasteiger partial charge is 0.133 e. The van der Waals surface area contributed by atoms with Gasteiger partial charge in [-0.1, -0.05) is 29.8 Å². The second-order valence-corrected chi connectivity index (χ2v) is 6.04. The molecule has 1 aliphatic rings. The molecule has 0 radical (unpaired) electrons. The average Bonchev–Trinajstić information content (AvgIpc) is 2.94. The molecule has 1 N–H and O–H groups in total. The highest BCUT2D eigenvalue weighted by Crippen LogP contribution is 2.27. The summed E-state index contributed by atoms with van der Waals surface area (Å²) in [6, 6.07) is 9.06. The van der Waals surface area contributed by atoms with Crippen molar-refractivity contribution in [2.45, 2.75) is 46.1 Å². The summed E-state index contributed by atoms with van der Waals surface area (Å²) in [6.07, 6.45) is 3.25. The third kappa shape index (κ3) is 3.13. The molecule has 2 heterocycles. The lowest BCUT2D eigenvalue weighted by molar-refractivity contribution is 0.627. The van der Waals surface area contributed by atoms with E-state index in [1.165, 1.54) is 29.5 Å². The Balaban J connectivity index is 1.85. The predicted octanol–water partition coefficient (Wildman–Crippen LogP) is 3.42. The van der Waals surface area contributed by atoms with E-state index >= 15 is 0 Å². The van der Waals surface area contributed by atoms with Crippen LogP contribution in [0.3, 0.4) is 0 Å². The Morgan fingerprint density at radius 3 is 2.29 bits per heavy atom. The first-order valence-corrected chi connectivity index (χ1v) is 7.76. The first kappa shape index (κ1) is 14.2. The molecule has 110 valence electrons. The van der Waals surface area contributed by atoms with Crippen LogP contribution >= 0.6 is 0 Å². The molecule has 2 aromatic rings. The van der Waals surface area contributed by atoms with E-state index in [1.54, 1.807) is 0 Å². The maximum absolute atomic E-state index is 4.75. The molecule has 0 spiro atoms. The molecule has 3 rings (SSSR count). The fraction of sp³-hybridized carbons (Fsp3) is 0.444. The monoisotopic (exact) mass is 281 g/mol. The minimum atomic E-state index is 0.443. The molecule has 0 aliphatic carbocycles. The van der Waals surface area contributed by atoms with Gasteiger partial charge >= 0.3 is 0 Å². The third-order valence-electron chi connectivity index (χ3n) is 4.26. The molecule has 21 heavy (non-hydrogen) atoms. The zero-order valence-electron chi connectivity index (χ0n) is 13.1. The maximum Gasteiger partial charge on any atom is 0.133 e. The average molecular weight is 281 g/mol. The van der Waals surface area contributed by atoms with Gasteiger partial charge in [-0.3, -0.25) is 0 Å². The van der Waals surface area contributed by atoms with Gasteiger partial charge in [0.15, 0.2) is 0 Å². The molecule has 1 atom stereocenters. The summed E-state index contributed by atoms with van der Waals surface area (Å²) < 4.78 is 0. The minimum Gasteiger partial charge on any atom is -0.310 e. The van der Waals surface area contributed by atoms with E-state index < -0.39 is 0 Å². The maximum atomic E-state index is 4.75. The van der Waals surface area contributed by atoms with E-state index in [0.29, 0.717) is 6.04 Å². The Kier molecular flexibility index (Phi) is 4.02. The summed E-state index contributed by atoms with van der Waals surface area (Å²) in [5.74, 6) is 0.926. The summed E-state index contributed by atoms with van der Waals surface area (Å²) >= 11 is 0. The van der Waals surface area contributed by atoms with Crippen molar-refractivity contribution < 1.29 is 0 Å². The SMILES string of the molecule is Cc1ccc(Cc2nc(C)c(C3CCCN3)c(C)n2)cc1. The Hall–Kier alpha value is -1.74. The lowest BCUT2D eigenvalue weighted by atomic mass is 10.0. The molecule has 0 saturated carbocycles. The Morgan fingerprint density at radius 1 is 1.05 bits per heavy atom. The van der Waals surface area contributed by atoms with E-state index in [-0.39, 0.29) is 0 Å². The topological polar surface area (TPSA) is 37.8 Å². The predicted molar refractivity (Wildman–Crippen MR) is 85.5 cm³/mol. The molecule has 1 fully saturated rings. The summed E-state index contributed by atoms with van der Waals surface area (Å²) in [5, 5.41) is 3.55. The Morgan fingerprint density at radius 2 is 1.71 bits per heavy atom. The van der Waals surface area contributed by atoms with E-state index in [4.69, 9.17) is 9.97 Å². The van der Waals surface area contributed by atoms with Crippen LogP contribution in [-0.4, -0.2) is 16.5 Å². The zero-order valence-corrected chi connectivity index (χ0v) is 13.1. The van der Waals surface area contributed by atoms with Gasteiger partial charge in [-0.25, -0.2) is 9.97 Å². The van der Waals surface area contributed by atoms with Gasteiger partial charge in [0.1, 0.15) is 5.82 Å². The van der Waals surface area contributed by atoms with Crippen molar-refractivity contribution in [1.82, 2.24) is 15.3 Å². The van der Waals surface area contributed by atoms with Gasteiger partial charge in [-0.05, 0) is 45.7 Å². The van der Waals surface area contributed by atoms with Crippen LogP contribution in [0.25, 0.3) is 0 Å². The van der Waals surface area contributed by atoms with Crippen molar-refractivity contribution in [3.63, 3.8) is 0 Å². The third-order valence-corrected chi connectivity index (χ3v) is 4.26. The van der Waals surface area contributed by atoms with Crippen LogP contribution in [0.1, 0.15) is 52.8 Å². The van der Waals surface area contributed by atoms with Crippen LogP contribution in [0.4, 0.5) is 0 Å². The van der Waals surface area contributed by atoms with Crippen LogP contribution in [0, 0.1) is 20.8 Å². The van der Waals surface area contributed by atoms with Crippen molar-refractivity contribution in [3.8, 4) is 0 Å². The fourth-order valence-corrected chi connectivity index (χ4v) is 3.20. The number of benzene rings is 1. The largest absolute Gasteiger partial charge is 0.310 e. The van der Waals surface area contributed by atoms with Gasteiger partial charge in [0.2, 0.25) is 0 Å². The number of aromatic nitrogens is 2. The molecule has 1 saturated heterocycles. The van der Waals surface area contributed by atoms with Crippen molar-refractivity contribution in [3.05, 3.63) is 58.2 Å². The summed E-state index contributed by atoms with van der Waals surface area (Å²) in [7, 11) is 0. The lowest BCUT2D eigenvalue weighted by Crippen LogP contribution is -2.17. The first-order valence-electron chi connectivity index (χ1n) is 7.76. The number of hydrogen-bond acceptors (Lipinski definition) is 3. The zero-order chi connectivity index (χ0) is 14.8. The van der Waals surface area contributed by atoms with Gasteiger partial charge in [0.05, 0.1) is 0 Å². The number of rotatable bonds is 3. The van der Waals surface area contributed by atoms with Crippen molar-refractivity contribution in [2.75, 3.05) is 6.54 Å². The second kappa shape index (κ2) is 5.94. The highest BCUT2D eigenvalue weighted by atomic mass is 15.0. The summed E-state index contributed by atoms with van der Waals surface area (Å²) in [6.45, 7) is 7.44. The van der Waals surface area contributed by atoms with Crippen LogP contribution < -0.4 is 5.32 Å². The van der Waals surface area contributed by atoms with Gasteiger partial charge in [0.25, 0.3) is 0 Å². The second-order valence-electron chi connectivity index (χ2n) is 6.04. The molecule has 0 bridgehead atoms. The molecular formula is C18H23N3. The molecule has 1 unspecified atom stereocenters. The number of nitrogens with zero attached hydrogens (tertiary/aromatic N) is 2. The summed E-state index contributed by atoms with van der Waals surface area (Å²) in [5.41, 5.74) is 6.12. The van der Waals surface area contributed by atoms with Crippen molar-refractivity contribution >= 4 is 0 Å². The molecule has 3 nitrogen and oxygen atoms in total. The van der Waals surface area contributed by atoms with Gasteiger partial charge < -0.3 is 5.32 Å². The molecule has 0 amide bonds. The first-order chi connectivity index (χ1) is 10.1. The Bertz CT molecular complexity index is 602. The normalized spacial score (nSPS) is 18.1. The van der Waals surface area contributed by atoms with E-state index in [1.807, 2.05) is 0 Å². The quantitative estimate of drug-likeness (QED) is 0.936. The minimum absolute atomic E-state index is 0.443. The highest BCUT2D eigenvalue weighted by molar-refractivity contribution is 5.30. The van der Waals surface area contributed by atoms with Crippen molar-refractivity contribution in [2.24, 2.45) is 0 Å². The molecular weight excluding hydrogens is 258 g/mol. The number of aryl methyl sites for hydroxylation is 3. The Labute approximate surface area is 126 Å². The highest BCUT2D eigenvalue weighted by Gasteiger charge is 2.21. The summed E-state index contributed by atoms with van der Waals surface area (Å²) in [4.78, 5) is 9.49. The molecule has 3 heteroatoms. The standard InChI is InChI=1S/C18H23N3/c1-12-6-8-15(9-7-12)11-17-20-13(2)18(14(3)21-17)16-5-4-10-19-16/h6-9,16,19H,4-5,10-11H2,1-3H3. The van der Waals surface area contributed by atoms with Crippen molar-refractivity contribution in [1.29, 1.82) is 0 Å². The number of hydrogen-bond donors (Lipinski definition) is 1. The van der Waals surface area contributed by atoms with Crippen LogP contribution in [0.2, 0.25) is 0 Å². The van der Waals surface area contributed by atoms with Crippen LogP contribution in [0.15, 0.2) is 24.3 Å². The van der Waals surface area contributed by atoms with Gasteiger partial charge in [0, 0.05) is 29.4 Å². The molecule has 1 aromatic heterocycles. The van der Waals surface area contributed by atoms with E-state index in [0.717, 1.165) is 30.2 Å². The van der Waals surface area contributed by atoms with Crippen LogP contribution in [-0.2, 0) is 6.42 Å². The molecule has 1 aliphatic heterocycles. The van der Waals surface area contributed by atoms with E-state index in [2.05, 4.69) is 50.4 Å². The number of nitrogens with one attached hydrogen (secondary N) is 1. The fourth-order valence-electron chi connectivity index (χ4n) is 3.20. The molecule has 1 aromatic carbocycles. The lowest BCUT2D eigenvalue weighted by Gasteiger charge is -2.16.